The Balaban J connectivity index is 2.03. The summed E-state index contributed by atoms with van der Waals surface area (Å²) in [5.74, 6) is -0.372. The molecule has 0 spiro atoms. The summed E-state index contributed by atoms with van der Waals surface area (Å²) in [6.07, 6.45) is 0. The Morgan fingerprint density at radius 3 is 2.82 bits per heavy atom. The van der Waals surface area contributed by atoms with Gasteiger partial charge in [-0.1, -0.05) is 0 Å². The molecule has 2 N–H and O–H groups in total. The summed E-state index contributed by atoms with van der Waals surface area (Å²) < 4.78 is 26.7. The average Bonchev–Trinajstić information content (AvgIpc) is 2.90. The molecule has 0 amide bonds. The molecule has 4 nitrogen and oxygen atoms in total. The predicted molar refractivity (Wildman–Crippen MR) is 84.9 cm³/mol. The summed E-state index contributed by atoms with van der Waals surface area (Å²) >= 11 is 1.56. The predicted octanol–water partition coefficient (Wildman–Crippen LogP) is 2.99. The Bertz CT molecular complexity index is 655. The molecule has 0 atom stereocenters. The third-order valence-electron chi connectivity index (χ3n) is 3.02. The highest BCUT2D eigenvalue weighted by Crippen LogP contribution is 2.12. The van der Waals surface area contributed by atoms with Crippen LogP contribution in [0, 0.1) is 18.6 Å². The average molecular weight is 324 g/mol. The van der Waals surface area contributed by atoms with Crippen LogP contribution in [0.3, 0.4) is 0 Å². The zero-order valence-electron chi connectivity index (χ0n) is 12.5. The van der Waals surface area contributed by atoms with E-state index in [1.165, 1.54) is 0 Å². The van der Waals surface area contributed by atoms with Crippen molar-refractivity contribution in [2.45, 2.75) is 26.9 Å². The van der Waals surface area contributed by atoms with Gasteiger partial charge in [0.1, 0.15) is 11.6 Å². The maximum Gasteiger partial charge on any atom is 0.191 e. The molecule has 2 aromatic rings. The minimum Gasteiger partial charge on any atom is -0.357 e. The van der Waals surface area contributed by atoms with Gasteiger partial charge in [-0.25, -0.2) is 18.8 Å². The normalized spacial score (nSPS) is 11.5. The van der Waals surface area contributed by atoms with Crippen LogP contribution in [0.1, 0.15) is 23.1 Å². The second kappa shape index (κ2) is 7.84. The molecule has 1 heterocycles. The highest BCUT2D eigenvalue weighted by Gasteiger charge is 2.06. The second-order valence-corrected chi connectivity index (χ2v) is 5.58. The van der Waals surface area contributed by atoms with Crippen molar-refractivity contribution in [1.29, 1.82) is 0 Å². The van der Waals surface area contributed by atoms with Gasteiger partial charge in [0, 0.05) is 17.0 Å². The summed E-state index contributed by atoms with van der Waals surface area (Å²) in [5, 5.41) is 6.24. The first-order chi connectivity index (χ1) is 10.6. The van der Waals surface area contributed by atoms with Crippen LogP contribution in [0.5, 0.6) is 0 Å². The van der Waals surface area contributed by atoms with Crippen LogP contribution in [-0.2, 0) is 13.1 Å². The van der Waals surface area contributed by atoms with Crippen molar-refractivity contribution in [1.82, 2.24) is 15.6 Å². The van der Waals surface area contributed by atoms with E-state index in [0.29, 0.717) is 19.0 Å². The minimum atomic E-state index is -0.468. The first-order valence-electron chi connectivity index (χ1n) is 6.95. The summed E-state index contributed by atoms with van der Waals surface area (Å²) in [6, 6.07) is 3.37. The van der Waals surface area contributed by atoms with Gasteiger partial charge in [-0.05, 0) is 32.0 Å². The number of rotatable bonds is 5. The molecule has 118 valence electrons. The lowest BCUT2D eigenvalue weighted by Gasteiger charge is -2.11. The largest absolute Gasteiger partial charge is 0.357 e. The zero-order valence-corrected chi connectivity index (χ0v) is 13.3. The van der Waals surface area contributed by atoms with E-state index >= 15 is 0 Å². The fourth-order valence-electron chi connectivity index (χ4n) is 1.83. The first-order valence-corrected chi connectivity index (χ1v) is 7.83. The van der Waals surface area contributed by atoms with E-state index in [4.69, 9.17) is 0 Å². The molecule has 0 saturated heterocycles. The number of thiazole rings is 1. The molecule has 0 bridgehead atoms. The third-order valence-corrected chi connectivity index (χ3v) is 3.96. The van der Waals surface area contributed by atoms with Gasteiger partial charge in [-0.15, -0.1) is 11.3 Å². The molecule has 1 aromatic heterocycles. The second-order valence-electron chi connectivity index (χ2n) is 4.65. The SMILES string of the molecule is CCNC(=NCc1cc(F)ccc1F)NCc1scnc1C. The lowest BCUT2D eigenvalue weighted by molar-refractivity contribution is 0.585. The van der Waals surface area contributed by atoms with Crippen LogP contribution in [0.2, 0.25) is 0 Å². The summed E-state index contributed by atoms with van der Waals surface area (Å²) in [7, 11) is 0. The van der Waals surface area contributed by atoms with Gasteiger partial charge in [-0.2, -0.15) is 0 Å². The number of aliphatic imine (C=N–C) groups is 1. The molecular formula is C15H18F2N4S. The molecule has 0 unspecified atom stereocenters. The number of aromatic nitrogens is 1. The van der Waals surface area contributed by atoms with Crippen molar-refractivity contribution in [2.24, 2.45) is 4.99 Å². The lowest BCUT2D eigenvalue weighted by Crippen LogP contribution is -2.36. The summed E-state index contributed by atoms with van der Waals surface area (Å²) in [5.41, 5.74) is 2.99. The van der Waals surface area contributed by atoms with Gasteiger partial charge in [0.05, 0.1) is 24.3 Å². The van der Waals surface area contributed by atoms with Crippen LogP contribution in [0.4, 0.5) is 8.78 Å². The van der Waals surface area contributed by atoms with Crippen molar-refractivity contribution in [3.05, 3.63) is 51.5 Å². The highest BCUT2D eigenvalue weighted by molar-refractivity contribution is 7.09. The van der Waals surface area contributed by atoms with Crippen molar-refractivity contribution in [2.75, 3.05) is 6.54 Å². The van der Waals surface area contributed by atoms with Gasteiger partial charge in [0.15, 0.2) is 5.96 Å². The number of hydrogen-bond acceptors (Lipinski definition) is 3. The Labute approximate surface area is 132 Å². The van der Waals surface area contributed by atoms with E-state index in [1.807, 2.05) is 13.8 Å². The van der Waals surface area contributed by atoms with Gasteiger partial charge in [0.2, 0.25) is 0 Å². The Kier molecular flexibility index (Phi) is 5.83. The maximum absolute atomic E-state index is 13.6. The Morgan fingerprint density at radius 2 is 2.14 bits per heavy atom. The number of nitrogens with one attached hydrogen (secondary N) is 2. The molecule has 0 aliphatic rings. The number of hydrogen-bond donors (Lipinski definition) is 2. The molecule has 0 saturated carbocycles. The van der Waals surface area contributed by atoms with Gasteiger partial charge >= 0.3 is 0 Å². The van der Waals surface area contributed by atoms with E-state index in [2.05, 4.69) is 20.6 Å². The first kappa shape index (κ1) is 16.4. The van der Waals surface area contributed by atoms with E-state index < -0.39 is 11.6 Å². The molecule has 0 radical (unpaired) electrons. The van der Waals surface area contributed by atoms with Crippen molar-refractivity contribution >= 4 is 17.3 Å². The zero-order chi connectivity index (χ0) is 15.9. The van der Waals surface area contributed by atoms with Crippen molar-refractivity contribution in [3.63, 3.8) is 0 Å². The highest BCUT2D eigenvalue weighted by atomic mass is 32.1. The lowest BCUT2D eigenvalue weighted by atomic mass is 10.2. The van der Waals surface area contributed by atoms with Crippen molar-refractivity contribution < 1.29 is 8.78 Å². The standard InChI is InChI=1S/C15H18F2N4S/c1-3-18-15(20-8-14-10(2)21-9-22-14)19-7-11-6-12(16)4-5-13(11)17/h4-6,9H,3,7-8H2,1-2H3,(H2,18,19,20). The fourth-order valence-corrected chi connectivity index (χ4v) is 2.55. The molecule has 7 heteroatoms. The number of halogens is 2. The number of aryl methyl sites for hydroxylation is 1. The minimum absolute atomic E-state index is 0.0700. The van der Waals surface area contributed by atoms with Gasteiger partial charge in [0.25, 0.3) is 0 Å². The Hall–Kier alpha value is -2.02. The monoisotopic (exact) mass is 324 g/mol. The van der Waals surface area contributed by atoms with Crippen LogP contribution in [-0.4, -0.2) is 17.5 Å². The quantitative estimate of drug-likeness (QED) is 0.657. The number of benzene rings is 1. The van der Waals surface area contributed by atoms with Crippen LogP contribution < -0.4 is 10.6 Å². The van der Waals surface area contributed by atoms with Gasteiger partial charge < -0.3 is 10.6 Å². The van der Waals surface area contributed by atoms with E-state index in [0.717, 1.165) is 28.8 Å². The molecule has 22 heavy (non-hydrogen) atoms. The number of guanidine groups is 1. The fraction of sp³-hybridized carbons (Fsp3) is 0.333. The third kappa shape index (κ3) is 4.49. The topological polar surface area (TPSA) is 49.3 Å². The smallest absolute Gasteiger partial charge is 0.191 e. The molecule has 0 aliphatic heterocycles. The molecule has 1 aromatic carbocycles. The van der Waals surface area contributed by atoms with E-state index in [1.54, 1.807) is 16.8 Å². The summed E-state index contributed by atoms with van der Waals surface area (Å²) in [6.45, 7) is 5.23. The Morgan fingerprint density at radius 1 is 1.32 bits per heavy atom. The number of nitrogens with zero attached hydrogens (tertiary/aromatic N) is 2. The summed E-state index contributed by atoms with van der Waals surface area (Å²) in [4.78, 5) is 9.58. The maximum atomic E-state index is 13.6. The van der Waals surface area contributed by atoms with Crippen LogP contribution >= 0.6 is 11.3 Å². The van der Waals surface area contributed by atoms with E-state index in [9.17, 15) is 8.78 Å². The van der Waals surface area contributed by atoms with Gasteiger partial charge in [-0.3, -0.25) is 0 Å². The molecule has 0 aliphatic carbocycles. The van der Waals surface area contributed by atoms with Crippen LogP contribution in [0.25, 0.3) is 0 Å². The molecular weight excluding hydrogens is 306 g/mol. The van der Waals surface area contributed by atoms with Crippen molar-refractivity contribution in [3.8, 4) is 0 Å². The van der Waals surface area contributed by atoms with E-state index in [-0.39, 0.29) is 12.1 Å². The molecule has 0 fully saturated rings. The van der Waals surface area contributed by atoms with Crippen LogP contribution in [0.15, 0.2) is 28.7 Å². The molecule has 2 rings (SSSR count).